The number of rotatable bonds is 1. The maximum atomic E-state index is 4.37. The quantitative estimate of drug-likeness (QED) is 0.365. The molecule has 1 aliphatic rings. The van der Waals surface area contributed by atoms with E-state index in [-0.39, 0.29) is 4.58 Å². The van der Waals surface area contributed by atoms with Crippen LogP contribution in [0.1, 0.15) is 11.1 Å². The summed E-state index contributed by atoms with van der Waals surface area (Å²) in [5, 5.41) is 0. The highest BCUT2D eigenvalue weighted by molar-refractivity contribution is 9.10. The summed E-state index contributed by atoms with van der Waals surface area (Å²) < 4.78 is 2.09. The second-order valence-corrected chi connectivity index (χ2v) is 7.73. The molecule has 0 aliphatic heterocycles. The molecule has 0 fully saturated rings. The Bertz CT molecular complexity index is 637. The maximum absolute atomic E-state index is 4.37. The van der Waals surface area contributed by atoms with E-state index in [1.54, 1.807) is 0 Å². The summed E-state index contributed by atoms with van der Waals surface area (Å²) in [6.45, 7) is 0. The van der Waals surface area contributed by atoms with Crippen molar-refractivity contribution in [1.29, 1.82) is 0 Å². The molecular weight excluding hydrogens is 404 g/mol. The summed E-state index contributed by atoms with van der Waals surface area (Å²) in [5.74, 6) is 0. The van der Waals surface area contributed by atoms with Crippen LogP contribution in [0.4, 0.5) is 0 Å². The second-order valence-electron chi connectivity index (χ2n) is 4.37. The minimum atomic E-state index is -0.0771. The first kappa shape index (κ1) is 13.8. The van der Waals surface area contributed by atoms with Gasteiger partial charge in [-0.05, 0) is 52.1 Å². The van der Waals surface area contributed by atoms with E-state index in [4.69, 9.17) is 0 Å². The third kappa shape index (κ3) is 2.56. The molecule has 0 nitrogen and oxygen atoms in total. The number of benzene rings is 2. The molecule has 2 aromatic rings. The van der Waals surface area contributed by atoms with E-state index in [9.17, 15) is 0 Å². The monoisotopic (exact) mass is 412 g/mol. The van der Waals surface area contributed by atoms with E-state index in [1.807, 2.05) is 0 Å². The van der Waals surface area contributed by atoms with E-state index < -0.39 is 0 Å². The van der Waals surface area contributed by atoms with Gasteiger partial charge in [-0.3, -0.25) is 0 Å². The highest BCUT2D eigenvalue weighted by Gasteiger charge is 2.23. The topological polar surface area (TPSA) is 0 Å². The summed E-state index contributed by atoms with van der Waals surface area (Å²) in [7, 11) is 0. The normalized spacial score (nSPS) is 12.6. The zero-order chi connectivity index (χ0) is 13.6. The fourth-order valence-corrected chi connectivity index (χ4v) is 3.44. The molecule has 0 aromatic heterocycles. The largest absolute Gasteiger partial charge is 0.161 e. The van der Waals surface area contributed by atoms with Crippen LogP contribution in [-0.4, -0.2) is 4.58 Å². The zero-order valence-corrected chi connectivity index (χ0v) is 14.7. The predicted molar refractivity (Wildman–Crippen MR) is 96.1 cm³/mol. The molecular formula is C15H10Br2S2. The summed E-state index contributed by atoms with van der Waals surface area (Å²) in [6, 6.07) is 12.8. The molecule has 2 aromatic carbocycles. The van der Waals surface area contributed by atoms with Crippen LogP contribution in [0.5, 0.6) is 0 Å². The Labute approximate surface area is 140 Å². The van der Waals surface area contributed by atoms with Gasteiger partial charge < -0.3 is 0 Å². The molecule has 0 atom stereocenters. The van der Waals surface area contributed by atoms with Crippen LogP contribution in [0.25, 0.3) is 16.7 Å². The smallest absolute Gasteiger partial charge is 0.0632 e. The van der Waals surface area contributed by atoms with E-state index >= 15 is 0 Å². The van der Waals surface area contributed by atoms with Gasteiger partial charge in [-0.2, -0.15) is 25.3 Å². The van der Waals surface area contributed by atoms with Crippen LogP contribution in [-0.2, 0) is 0 Å². The lowest BCUT2D eigenvalue weighted by atomic mass is 10.0. The van der Waals surface area contributed by atoms with Crippen molar-refractivity contribution < 1.29 is 0 Å². The first-order valence-electron chi connectivity index (χ1n) is 5.74. The lowest BCUT2D eigenvalue weighted by molar-refractivity contribution is 1.58. The molecule has 19 heavy (non-hydrogen) atoms. The van der Waals surface area contributed by atoms with Crippen molar-refractivity contribution in [2.75, 3.05) is 0 Å². The third-order valence-corrected chi connectivity index (χ3v) is 4.43. The number of hydrogen-bond acceptors (Lipinski definition) is 2. The number of fused-ring (bicyclic) bond motifs is 3. The fraction of sp³-hybridized carbons (Fsp3) is 0.0667. The van der Waals surface area contributed by atoms with E-state index in [0.29, 0.717) is 0 Å². The Balaban J connectivity index is 2.32. The lowest BCUT2D eigenvalue weighted by Gasteiger charge is -2.05. The van der Waals surface area contributed by atoms with Crippen LogP contribution < -0.4 is 0 Å². The molecule has 0 saturated carbocycles. The van der Waals surface area contributed by atoms with Gasteiger partial charge in [0.25, 0.3) is 0 Å². The van der Waals surface area contributed by atoms with Crippen LogP contribution in [0.2, 0.25) is 0 Å². The molecule has 0 radical (unpaired) electrons. The molecule has 0 unspecified atom stereocenters. The average Bonchev–Trinajstić information content (AvgIpc) is 2.62. The lowest BCUT2D eigenvalue weighted by Crippen LogP contribution is -1.87. The number of hydrogen-bond donors (Lipinski definition) is 2. The number of halogens is 2. The standard InChI is InChI=1S/C15H10Br2S2/c16-8-1-3-10-11-4-2-9(17)6-13(11)14(7-15(18)19)12(10)5-8/h1-7,15,18-19H. The van der Waals surface area contributed by atoms with E-state index in [2.05, 4.69) is 99.6 Å². The Morgan fingerprint density at radius 3 is 1.68 bits per heavy atom. The van der Waals surface area contributed by atoms with Crippen LogP contribution in [0, 0.1) is 0 Å². The summed E-state index contributed by atoms with van der Waals surface area (Å²) >= 11 is 15.8. The minimum absolute atomic E-state index is 0.0771. The molecule has 1 aliphatic carbocycles. The minimum Gasteiger partial charge on any atom is -0.161 e. The van der Waals surface area contributed by atoms with Crippen molar-refractivity contribution in [2.24, 2.45) is 0 Å². The van der Waals surface area contributed by atoms with Gasteiger partial charge in [0, 0.05) is 8.95 Å². The van der Waals surface area contributed by atoms with Crippen LogP contribution in [0.3, 0.4) is 0 Å². The van der Waals surface area contributed by atoms with Gasteiger partial charge in [-0.1, -0.05) is 50.1 Å². The van der Waals surface area contributed by atoms with Gasteiger partial charge in [0.2, 0.25) is 0 Å². The second kappa shape index (κ2) is 5.32. The van der Waals surface area contributed by atoms with Crippen molar-refractivity contribution in [3.05, 3.63) is 62.5 Å². The average molecular weight is 414 g/mol. The van der Waals surface area contributed by atoms with Crippen molar-refractivity contribution in [2.45, 2.75) is 4.58 Å². The fourth-order valence-electron chi connectivity index (χ4n) is 2.42. The Morgan fingerprint density at radius 2 is 1.26 bits per heavy atom. The van der Waals surface area contributed by atoms with Gasteiger partial charge in [0.05, 0.1) is 4.58 Å². The molecule has 4 heteroatoms. The van der Waals surface area contributed by atoms with Crippen LogP contribution >= 0.6 is 57.1 Å². The van der Waals surface area contributed by atoms with Gasteiger partial charge >= 0.3 is 0 Å². The van der Waals surface area contributed by atoms with Gasteiger partial charge in [-0.25, -0.2) is 0 Å². The summed E-state index contributed by atoms with van der Waals surface area (Å²) in [6.07, 6.45) is 2.08. The highest BCUT2D eigenvalue weighted by atomic mass is 79.9. The van der Waals surface area contributed by atoms with Gasteiger partial charge in [0.15, 0.2) is 0 Å². The molecule has 0 saturated heterocycles. The predicted octanol–water partition coefficient (Wildman–Crippen LogP) is 5.81. The van der Waals surface area contributed by atoms with Gasteiger partial charge in [0.1, 0.15) is 0 Å². The first-order chi connectivity index (χ1) is 9.06. The summed E-state index contributed by atoms with van der Waals surface area (Å²) in [4.78, 5) is 0. The molecule has 0 N–H and O–H groups in total. The zero-order valence-electron chi connectivity index (χ0n) is 9.77. The van der Waals surface area contributed by atoms with Gasteiger partial charge in [-0.15, -0.1) is 0 Å². The summed E-state index contributed by atoms with van der Waals surface area (Å²) in [5.41, 5.74) is 6.19. The molecule has 0 bridgehead atoms. The Hall–Kier alpha value is -0.160. The van der Waals surface area contributed by atoms with E-state index in [1.165, 1.54) is 27.8 Å². The van der Waals surface area contributed by atoms with Crippen LogP contribution in [0.15, 0.2) is 51.4 Å². The van der Waals surface area contributed by atoms with E-state index in [0.717, 1.165) is 8.95 Å². The molecule has 0 spiro atoms. The molecule has 3 rings (SSSR count). The Morgan fingerprint density at radius 1 is 0.789 bits per heavy atom. The number of thiol groups is 2. The molecule has 96 valence electrons. The molecule has 0 amide bonds. The third-order valence-electron chi connectivity index (χ3n) is 3.15. The maximum Gasteiger partial charge on any atom is 0.0632 e. The van der Waals surface area contributed by atoms with Crippen molar-refractivity contribution in [3.8, 4) is 11.1 Å². The SMILES string of the molecule is SC(S)C=C1c2cc(Br)ccc2-c2ccc(Br)cc21. The van der Waals surface area contributed by atoms with Crippen molar-refractivity contribution in [3.63, 3.8) is 0 Å². The first-order valence-corrected chi connectivity index (χ1v) is 8.36. The van der Waals surface area contributed by atoms with Crippen molar-refractivity contribution in [1.82, 2.24) is 0 Å². The Kier molecular flexibility index (Phi) is 3.87. The van der Waals surface area contributed by atoms with Crippen molar-refractivity contribution >= 4 is 62.7 Å². The highest BCUT2D eigenvalue weighted by Crippen LogP contribution is 2.46. The molecule has 0 heterocycles.